The van der Waals surface area contributed by atoms with Crippen LogP contribution in [0.1, 0.15) is 25.5 Å². The van der Waals surface area contributed by atoms with E-state index >= 15 is 0 Å². The number of halogens is 1. The minimum absolute atomic E-state index is 0.601. The fourth-order valence-electron chi connectivity index (χ4n) is 2.66. The number of nitrogens with zero attached hydrogens (tertiary/aromatic N) is 2. The minimum atomic E-state index is 0.601. The predicted octanol–water partition coefficient (Wildman–Crippen LogP) is 5.24. The molecule has 0 radical (unpaired) electrons. The molecule has 2 aromatic carbocycles. The smallest absolute Gasteiger partial charge is 0.146 e. The highest BCUT2D eigenvalue weighted by Crippen LogP contribution is 2.31. The molecular weight excluding hydrogens is 322 g/mol. The Morgan fingerprint density at radius 3 is 2.83 bits per heavy atom. The quantitative estimate of drug-likeness (QED) is 0.637. The summed E-state index contributed by atoms with van der Waals surface area (Å²) in [5, 5.41) is 9.22. The molecule has 0 saturated heterocycles. The molecule has 1 aromatic heterocycles. The third-order valence-corrected chi connectivity index (χ3v) is 4.30. The average molecular weight is 344 g/mol. The van der Waals surface area contributed by atoms with Gasteiger partial charge in [0.05, 0.1) is 16.2 Å². The number of benzene rings is 2. The van der Waals surface area contributed by atoms with E-state index in [1.54, 1.807) is 0 Å². The summed E-state index contributed by atoms with van der Waals surface area (Å²) >= 11 is 6.17. The van der Waals surface area contributed by atoms with E-state index in [2.05, 4.69) is 29.1 Å². The Hall–Kier alpha value is -2.04. The number of rotatable bonds is 7. The number of ether oxygens (including phenoxy) is 1. The molecular formula is C19H22ClN3O. The fourth-order valence-corrected chi connectivity index (χ4v) is 2.83. The molecule has 0 aliphatic carbocycles. The molecule has 0 unspecified atom stereocenters. The summed E-state index contributed by atoms with van der Waals surface area (Å²) in [7, 11) is 2.13. The van der Waals surface area contributed by atoms with E-state index in [1.165, 1.54) is 12.8 Å². The first-order chi connectivity index (χ1) is 11.7. The van der Waals surface area contributed by atoms with E-state index in [9.17, 15) is 0 Å². The maximum absolute atomic E-state index is 6.17. The van der Waals surface area contributed by atoms with Crippen molar-refractivity contribution in [2.75, 3.05) is 13.6 Å². The largest absolute Gasteiger partial charge is 0.456 e. The maximum Gasteiger partial charge on any atom is 0.146 e. The molecule has 0 fully saturated rings. The van der Waals surface area contributed by atoms with Crippen LogP contribution in [0.25, 0.3) is 10.9 Å². The van der Waals surface area contributed by atoms with Crippen LogP contribution < -0.4 is 4.74 Å². The first kappa shape index (κ1) is 16.8. The van der Waals surface area contributed by atoms with Gasteiger partial charge >= 0.3 is 0 Å². The molecule has 0 saturated carbocycles. The monoisotopic (exact) mass is 343 g/mol. The zero-order valence-electron chi connectivity index (χ0n) is 14.1. The van der Waals surface area contributed by atoms with E-state index in [0.717, 1.165) is 35.4 Å². The number of aromatic amines is 1. The van der Waals surface area contributed by atoms with Crippen LogP contribution >= 0.6 is 11.6 Å². The van der Waals surface area contributed by atoms with Crippen molar-refractivity contribution in [3.63, 3.8) is 0 Å². The molecule has 0 bridgehead atoms. The summed E-state index contributed by atoms with van der Waals surface area (Å²) in [4.78, 5) is 2.30. The van der Waals surface area contributed by atoms with Gasteiger partial charge in [0.1, 0.15) is 11.5 Å². The SMILES string of the molecule is CCCCN(C)Cc1[nH]nc2ccc(Oc3ccccc3Cl)cc12. The molecule has 3 aromatic rings. The van der Waals surface area contributed by atoms with Gasteiger partial charge in [-0.3, -0.25) is 5.10 Å². The maximum atomic E-state index is 6.17. The van der Waals surface area contributed by atoms with Gasteiger partial charge < -0.3 is 9.64 Å². The standard InChI is InChI=1S/C19H22ClN3O/c1-3-4-11-23(2)13-18-15-12-14(9-10-17(15)21-22-18)24-19-8-6-5-7-16(19)20/h5-10,12H,3-4,11,13H2,1-2H3,(H,21,22). The summed E-state index contributed by atoms with van der Waals surface area (Å²) in [6.45, 7) is 4.12. The van der Waals surface area contributed by atoms with Crippen LogP contribution in [0.3, 0.4) is 0 Å². The van der Waals surface area contributed by atoms with Gasteiger partial charge in [0.15, 0.2) is 0 Å². The van der Waals surface area contributed by atoms with E-state index in [4.69, 9.17) is 16.3 Å². The van der Waals surface area contributed by atoms with Crippen LogP contribution in [-0.2, 0) is 6.54 Å². The number of hydrogen-bond donors (Lipinski definition) is 1. The number of unbranched alkanes of at least 4 members (excludes halogenated alkanes) is 1. The molecule has 0 amide bonds. The van der Waals surface area contributed by atoms with E-state index in [-0.39, 0.29) is 0 Å². The Morgan fingerprint density at radius 2 is 2.04 bits per heavy atom. The van der Waals surface area contributed by atoms with Crippen LogP contribution in [0.5, 0.6) is 11.5 Å². The number of fused-ring (bicyclic) bond motifs is 1. The van der Waals surface area contributed by atoms with Crippen LogP contribution in [0, 0.1) is 0 Å². The first-order valence-electron chi connectivity index (χ1n) is 8.25. The van der Waals surface area contributed by atoms with E-state index in [1.807, 2.05) is 42.5 Å². The predicted molar refractivity (Wildman–Crippen MR) is 98.9 cm³/mol. The lowest BCUT2D eigenvalue weighted by Gasteiger charge is -2.15. The Morgan fingerprint density at radius 1 is 1.21 bits per heavy atom. The molecule has 0 aliphatic heterocycles. The number of aromatic nitrogens is 2. The molecule has 1 N–H and O–H groups in total. The Balaban J connectivity index is 1.82. The molecule has 24 heavy (non-hydrogen) atoms. The number of para-hydroxylation sites is 1. The van der Waals surface area contributed by atoms with Crippen molar-refractivity contribution in [2.45, 2.75) is 26.3 Å². The Labute approximate surface area is 147 Å². The van der Waals surface area contributed by atoms with Crippen LogP contribution in [0.2, 0.25) is 5.02 Å². The van der Waals surface area contributed by atoms with Crippen molar-refractivity contribution in [3.05, 3.63) is 53.2 Å². The van der Waals surface area contributed by atoms with Crippen LogP contribution in [0.4, 0.5) is 0 Å². The van der Waals surface area contributed by atoms with E-state index < -0.39 is 0 Å². The molecule has 5 heteroatoms. The summed E-state index contributed by atoms with van der Waals surface area (Å²) in [5.41, 5.74) is 2.05. The van der Waals surface area contributed by atoms with Gasteiger partial charge in [0.25, 0.3) is 0 Å². The molecule has 126 valence electrons. The fraction of sp³-hybridized carbons (Fsp3) is 0.316. The molecule has 0 aliphatic rings. The van der Waals surface area contributed by atoms with Crippen LogP contribution in [-0.4, -0.2) is 28.7 Å². The third-order valence-electron chi connectivity index (χ3n) is 3.99. The Bertz CT molecular complexity index is 815. The lowest BCUT2D eigenvalue weighted by Crippen LogP contribution is -2.19. The van der Waals surface area contributed by atoms with Gasteiger partial charge in [-0.25, -0.2) is 0 Å². The minimum Gasteiger partial charge on any atom is -0.456 e. The van der Waals surface area contributed by atoms with Crippen molar-refractivity contribution in [2.24, 2.45) is 0 Å². The molecule has 0 spiro atoms. The molecule has 4 nitrogen and oxygen atoms in total. The highest BCUT2D eigenvalue weighted by Gasteiger charge is 2.10. The van der Waals surface area contributed by atoms with E-state index in [0.29, 0.717) is 10.8 Å². The summed E-state index contributed by atoms with van der Waals surface area (Å²) < 4.78 is 5.92. The lowest BCUT2D eigenvalue weighted by atomic mass is 10.2. The molecule has 0 atom stereocenters. The topological polar surface area (TPSA) is 41.2 Å². The highest BCUT2D eigenvalue weighted by molar-refractivity contribution is 6.32. The zero-order chi connectivity index (χ0) is 16.9. The average Bonchev–Trinajstić information content (AvgIpc) is 2.97. The second kappa shape index (κ2) is 7.69. The lowest BCUT2D eigenvalue weighted by molar-refractivity contribution is 0.318. The van der Waals surface area contributed by atoms with Crippen molar-refractivity contribution < 1.29 is 4.74 Å². The number of H-pyrrole nitrogens is 1. The summed E-state index contributed by atoms with van der Waals surface area (Å²) in [5.74, 6) is 1.41. The number of nitrogens with one attached hydrogen (secondary N) is 1. The van der Waals surface area contributed by atoms with Gasteiger partial charge in [-0.05, 0) is 50.3 Å². The normalized spacial score (nSPS) is 11.3. The van der Waals surface area contributed by atoms with Crippen molar-refractivity contribution >= 4 is 22.5 Å². The van der Waals surface area contributed by atoms with Crippen molar-refractivity contribution in [1.29, 1.82) is 0 Å². The van der Waals surface area contributed by atoms with Crippen molar-refractivity contribution in [3.8, 4) is 11.5 Å². The van der Waals surface area contributed by atoms with Gasteiger partial charge in [0, 0.05) is 11.9 Å². The van der Waals surface area contributed by atoms with Gasteiger partial charge in [0.2, 0.25) is 0 Å². The number of hydrogen-bond acceptors (Lipinski definition) is 3. The molecule has 1 heterocycles. The first-order valence-corrected chi connectivity index (χ1v) is 8.63. The second-order valence-corrected chi connectivity index (χ2v) is 6.41. The molecule has 3 rings (SSSR count). The summed E-state index contributed by atoms with van der Waals surface area (Å²) in [6.07, 6.45) is 2.40. The second-order valence-electron chi connectivity index (χ2n) is 6.00. The Kier molecular flexibility index (Phi) is 5.38. The van der Waals surface area contributed by atoms with Crippen LogP contribution in [0.15, 0.2) is 42.5 Å². The van der Waals surface area contributed by atoms with Crippen molar-refractivity contribution in [1.82, 2.24) is 15.1 Å². The summed E-state index contributed by atoms with van der Waals surface area (Å²) in [6, 6.07) is 13.4. The highest BCUT2D eigenvalue weighted by atomic mass is 35.5. The van der Waals surface area contributed by atoms with Gasteiger partial charge in [-0.15, -0.1) is 0 Å². The van der Waals surface area contributed by atoms with Gasteiger partial charge in [-0.1, -0.05) is 37.1 Å². The third kappa shape index (κ3) is 3.89. The zero-order valence-corrected chi connectivity index (χ0v) is 14.8. The van der Waals surface area contributed by atoms with Gasteiger partial charge in [-0.2, -0.15) is 5.10 Å².